The smallest absolute Gasteiger partial charge is 0.233 e. The van der Waals surface area contributed by atoms with Gasteiger partial charge in [-0.3, -0.25) is 9.59 Å². The maximum absolute atomic E-state index is 11.1. The molecule has 0 bridgehead atoms. The molecule has 0 aliphatic carbocycles. The number of rotatable bonds is 2. The summed E-state index contributed by atoms with van der Waals surface area (Å²) < 4.78 is 0. The minimum atomic E-state index is -0.196. The highest BCUT2D eigenvalue weighted by molar-refractivity contribution is 8.00. The number of hydrogen-bond donors (Lipinski definition) is 2. The van der Waals surface area contributed by atoms with Crippen LogP contribution in [0, 0.1) is 0 Å². The maximum atomic E-state index is 11.1. The van der Waals surface area contributed by atoms with Crippen LogP contribution in [0.1, 0.15) is 20.3 Å². The van der Waals surface area contributed by atoms with E-state index in [4.69, 9.17) is 0 Å². The summed E-state index contributed by atoms with van der Waals surface area (Å²) in [7, 11) is 1.58. The Morgan fingerprint density at radius 1 is 1.64 bits per heavy atom. The third-order valence-electron chi connectivity index (χ3n) is 1.66. The summed E-state index contributed by atoms with van der Waals surface area (Å²) >= 11 is 1.54. The first kappa shape index (κ1) is 13.3. The number of amides is 2. The van der Waals surface area contributed by atoms with Gasteiger partial charge in [0.1, 0.15) is 0 Å². The van der Waals surface area contributed by atoms with E-state index in [-0.39, 0.29) is 23.5 Å². The van der Waals surface area contributed by atoms with Gasteiger partial charge in [-0.25, -0.2) is 0 Å². The number of hydrogen-bond acceptors (Lipinski definition) is 3. The zero-order chi connectivity index (χ0) is 11.0. The van der Waals surface area contributed by atoms with Crippen molar-refractivity contribution in [2.24, 2.45) is 0 Å². The van der Waals surface area contributed by atoms with Gasteiger partial charge in [0.15, 0.2) is 0 Å². The molecule has 1 saturated heterocycles. The summed E-state index contributed by atoms with van der Waals surface area (Å²) in [6, 6.07) is 0. The van der Waals surface area contributed by atoms with Crippen molar-refractivity contribution in [1.82, 2.24) is 10.6 Å². The highest BCUT2D eigenvalue weighted by atomic mass is 32.2. The first-order chi connectivity index (χ1) is 6.74. The van der Waals surface area contributed by atoms with Gasteiger partial charge >= 0.3 is 0 Å². The average molecular weight is 218 g/mol. The second-order valence-corrected chi connectivity index (χ2v) is 3.84. The number of carbonyl (C=O) groups excluding carboxylic acids is 2. The van der Waals surface area contributed by atoms with Gasteiger partial charge in [-0.1, -0.05) is 13.8 Å². The summed E-state index contributed by atoms with van der Waals surface area (Å²) in [5.74, 6) is 0.798. The van der Waals surface area contributed by atoms with Crippen LogP contribution in [-0.2, 0) is 9.59 Å². The van der Waals surface area contributed by atoms with Crippen LogP contribution in [0.5, 0.6) is 0 Å². The van der Waals surface area contributed by atoms with Gasteiger partial charge in [-0.15, -0.1) is 11.8 Å². The molecule has 1 heterocycles. The zero-order valence-corrected chi connectivity index (χ0v) is 9.74. The molecule has 1 aliphatic rings. The fourth-order valence-electron chi connectivity index (χ4n) is 0.987. The molecule has 1 unspecified atom stereocenters. The Kier molecular flexibility index (Phi) is 7.28. The molecule has 2 N–H and O–H groups in total. The Morgan fingerprint density at radius 3 is 2.79 bits per heavy atom. The van der Waals surface area contributed by atoms with Gasteiger partial charge in [-0.05, 0) is 0 Å². The van der Waals surface area contributed by atoms with Crippen LogP contribution in [0.3, 0.4) is 0 Å². The van der Waals surface area contributed by atoms with Crippen LogP contribution in [0.2, 0.25) is 0 Å². The Bertz CT molecular complexity index is 197. The molecule has 2 amide bonds. The van der Waals surface area contributed by atoms with E-state index in [0.717, 1.165) is 5.75 Å². The molecule has 4 nitrogen and oxygen atoms in total. The summed E-state index contributed by atoms with van der Waals surface area (Å²) in [4.78, 5) is 22.1. The number of carbonyl (C=O) groups is 2. The molecule has 82 valence electrons. The fraction of sp³-hybridized carbons (Fsp3) is 0.778. The summed E-state index contributed by atoms with van der Waals surface area (Å²) in [6.45, 7) is 4.72. The first-order valence-corrected chi connectivity index (χ1v) is 5.89. The highest BCUT2D eigenvalue weighted by Gasteiger charge is 2.24. The predicted octanol–water partition coefficient (Wildman–Crippen LogP) is 0.380. The van der Waals surface area contributed by atoms with E-state index in [2.05, 4.69) is 10.6 Å². The molecule has 0 aromatic heterocycles. The average Bonchev–Trinajstić information content (AvgIpc) is 2.24. The lowest BCUT2D eigenvalue weighted by molar-refractivity contribution is -0.125. The van der Waals surface area contributed by atoms with Gasteiger partial charge in [0, 0.05) is 25.8 Å². The topological polar surface area (TPSA) is 58.2 Å². The molecule has 1 fully saturated rings. The van der Waals surface area contributed by atoms with Crippen molar-refractivity contribution in [2.45, 2.75) is 25.5 Å². The van der Waals surface area contributed by atoms with Crippen LogP contribution >= 0.6 is 11.8 Å². The van der Waals surface area contributed by atoms with Crippen molar-refractivity contribution in [3.05, 3.63) is 0 Å². The van der Waals surface area contributed by atoms with E-state index in [9.17, 15) is 9.59 Å². The van der Waals surface area contributed by atoms with E-state index in [1.807, 2.05) is 13.8 Å². The van der Waals surface area contributed by atoms with Crippen LogP contribution in [-0.4, -0.2) is 36.4 Å². The van der Waals surface area contributed by atoms with Crippen molar-refractivity contribution in [3.8, 4) is 0 Å². The highest BCUT2D eigenvalue weighted by Crippen LogP contribution is 2.17. The number of thioether (sulfide) groups is 1. The van der Waals surface area contributed by atoms with Crippen LogP contribution < -0.4 is 10.6 Å². The Balaban J connectivity index is 0.000000791. The van der Waals surface area contributed by atoms with Crippen LogP contribution in [0.25, 0.3) is 0 Å². The van der Waals surface area contributed by atoms with Gasteiger partial charge in [0.2, 0.25) is 11.8 Å². The molecular weight excluding hydrogens is 200 g/mol. The third-order valence-corrected chi connectivity index (χ3v) is 2.89. The van der Waals surface area contributed by atoms with Gasteiger partial charge in [0.05, 0.1) is 5.25 Å². The molecule has 14 heavy (non-hydrogen) atoms. The normalized spacial score (nSPS) is 20.2. The van der Waals surface area contributed by atoms with Crippen molar-refractivity contribution < 1.29 is 9.59 Å². The second kappa shape index (κ2) is 7.67. The summed E-state index contributed by atoms with van der Waals surface area (Å²) in [5.41, 5.74) is 0. The summed E-state index contributed by atoms with van der Waals surface area (Å²) in [6.07, 6.45) is 0.285. The van der Waals surface area contributed by atoms with Gasteiger partial charge < -0.3 is 10.6 Å². The summed E-state index contributed by atoms with van der Waals surface area (Å²) in [5, 5.41) is 5.03. The zero-order valence-electron chi connectivity index (χ0n) is 8.92. The van der Waals surface area contributed by atoms with Gasteiger partial charge in [0.25, 0.3) is 0 Å². The van der Waals surface area contributed by atoms with Gasteiger partial charge in [-0.2, -0.15) is 0 Å². The number of nitrogens with one attached hydrogen (secondary N) is 2. The quantitative estimate of drug-likeness (QED) is 0.704. The Hall–Kier alpha value is -0.710. The van der Waals surface area contributed by atoms with Crippen molar-refractivity contribution >= 4 is 23.6 Å². The molecule has 1 rings (SSSR count). The molecular formula is C9H18N2O2S. The monoisotopic (exact) mass is 218 g/mol. The molecule has 0 aromatic carbocycles. The van der Waals surface area contributed by atoms with Crippen molar-refractivity contribution in [3.63, 3.8) is 0 Å². The van der Waals surface area contributed by atoms with Crippen LogP contribution in [0.15, 0.2) is 0 Å². The van der Waals surface area contributed by atoms with E-state index in [0.29, 0.717) is 6.54 Å². The third kappa shape index (κ3) is 4.50. The van der Waals surface area contributed by atoms with Crippen LogP contribution in [0.4, 0.5) is 0 Å². The van der Waals surface area contributed by atoms with E-state index in [1.165, 1.54) is 0 Å². The Labute approximate surface area is 89.2 Å². The minimum Gasteiger partial charge on any atom is -0.359 e. The standard InChI is InChI=1S/C7H12N2O2S.C2H6/c1-8-6(10)4-5-7(11)9-2-3-12-5;1-2/h5H,2-4H2,1H3,(H,8,10)(H,9,11);1-2H3. The lowest BCUT2D eigenvalue weighted by Crippen LogP contribution is -2.41. The molecule has 0 saturated carbocycles. The van der Waals surface area contributed by atoms with Crippen molar-refractivity contribution in [1.29, 1.82) is 0 Å². The van der Waals surface area contributed by atoms with Crippen molar-refractivity contribution in [2.75, 3.05) is 19.3 Å². The van der Waals surface area contributed by atoms with E-state index in [1.54, 1.807) is 18.8 Å². The molecule has 0 radical (unpaired) electrons. The predicted molar refractivity (Wildman–Crippen MR) is 59.3 cm³/mol. The fourth-order valence-corrected chi connectivity index (χ4v) is 2.00. The Morgan fingerprint density at radius 2 is 2.29 bits per heavy atom. The molecule has 5 heteroatoms. The molecule has 1 atom stereocenters. The minimum absolute atomic E-state index is 0.0187. The SMILES string of the molecule is CC.CNC(=O)CC1SCCNC1=O. The molecule has 0 aromatic rings. The lowest BCUT2D eigenvalue weighted by atomic mass is 10.2. The van der Waals surface area contributed by atoms with E-state index >= 15 is 0 Å². The lowest BCUT2D eigenvalue weighted by Gasteiger charge is -2.20. The molecule has 1 aliphatic heterocycles. The second-order valence-electron chi connectivity index (χ2n) is 2.53. The maximum Gasteiger partial charge on any atom is 0.233 e. The molecule has 0 spiro atoms. The first-order valence-electron chi connectivity index (χ1n) is 4.84. The largest absolute Gasteiger partial charge is 0.359 e. The van der Waals surface area contributed by atoms with E-state index < -0.39 is 0 Å².